The summed E-state index contributed by atoms with van der Waals surface area (Å²) in [6, 6.07) is 5.56. The van der Waals surface area contributed by atoms with E-state index in [1.807, 2.05) is 13.0 Å². The third-order valence-electron chi connectivity index (χ3n) is 2.26. The van der Waals surface area contributed by atoms with E-state index in [-0.39, 0.29) is 6.04 Å². The molecule has 0 spiro atoms. The lowest BCUT2D eigenvalue weighted by Crippen LogP contribution is -2.17. The number of rotatable bonds is 4. The standard InChI is InChI=1S/C13H14ClN3O/c1-9(15)4-10-2-3-13(17-6-10)18-12-5-11(14)7-16-8-12/h2-3,5-9H,4,15H2,1H3. The summed E-state index contributed by atoms with van der Waals surface area (Å²) in [7, 11) is 0. The second-order valence-corrected chi connectivity index (χ2v) is 4.56. The van der Waals surface area contributed by atoms with Crippen LogP contribution in [0.4, 0.5) is 0 Å². The summed E-state index contributed by atoms with van der Waals surface area (Å²) >= 11 is 5.82. The number of nitrogens with zero attached hydrogens (tertiary/aromatic N) is 2. The van der Waals surface area contributed by atoms with E-state index in [1.165, 1.54) is 0 Å². The Kier molecular flexibility index (Phi) is 4.12. The molecule has 1 unspecified atom stereocenters. The fourth-order valence-corrected chi connectivity index (χ4v) is 1.70. The molecule has 2 heterocycles. The molecular weight excluding hydrogens is 250 g/mol. The topological polar surface area (TPSA) is 61.0 Å². The van der Waals surface area contributed by atoms with Crippen molar-refractivity contribution in [1.82, 2.24) is 9.97 Å². The number of hydrogen-bond acceptors (Lipinski definition) is 4. The Hall–Kier alpha value is -1.65. The predicted molar refractivity (Wildman–Crippen MR) is 70.9 cm³/mol. The zero-order valence-corrected chi connectivity index (χ0v) is 10.8. The van der Waals surface area contributed by atoms with Crippen molar-refractivity contribution in [2.75, 3.05) is 0 Å². The van der Waals surface area contributed by atoms with E-state index in [9.17, 15) is 0 Å². The minimum absolute atomic E-state index is 0.121. The number of pyridine rings is 2. The molecule has 2 N–H and O–H groups in total. The van der Waals surface area contributed by atoms with Crippen molar-refractivity contribution in [3.05, 3.63) is 47.4 Å². The molecule has 0 fully saturated rings. The van der Waals surface area contributed by atoms with Crippen LogP contribution in [0.3, 0.4) is 0 Å². The molecule has 0 saturated carbocycles. The maximum absolute atomic E-state index is 5.82. The first kappa shape index (κ1) is 12.8. The Morgan fingerprint density at radius 3 is 2.78 bits per heavy atom. The van der Waals surface area contributed by atoms with Gasteiger partial charge < -0.3 is 10.5 Å². The fourth-order valence-electron chi connectivity index (χ4n) is 1.53. The van der Waals surface area contributed by atoms with Crippen LogP contribution in [0.2, 0.25) is 5.02 Å². The smallest absolute Gasteiger partial charge is 0.219 e. The van der Waals surface area contributed by atoms with Gasteiger partial charge >= 0.3 is 0 Å². The van der Waals surface area contributed by atoms with Gasteiger partial charge in [-0.1, -0.05) is 17.7 Å². The van der Waals surface area contributed by atoms with Crippen molar-refractivity contribution in [3.63, 3.8) is 0 Å². The Morgan fingerprint density at radius 1 is 1.33 bits per heavy atom. The van der Waals surface area contributed by atoms with E-state index in [4.69, 9.17) is 22.1 Å². The van der Waals surface area contributed by atoms with E-state index in [2.05, 4.69) is 9.97 Å². The van der Waals surface area contributed by atoms with Crippen LogP contribution in [0.15, 0.2) is 36.8 Å². The van der Waals surface area contributed by atoms with Gasteiger partial charge in [0.15, 0.2) is 0 Å². The van der Waals surface area contributed by atoms with Crippen LogP contribution in [-0.4, -0.2) is 16.0 Å². The summed E-state index contributed by atoms with van der Waals surface area (Å²) in [5.74, 6) is 1.07. The van der Waals surface area contributed by atoms with Gasteiger partial charge in [-0.15, -0.1) is 0 Å². The van der Waals surface area contributed by atoms with Crippen LogP contribution in [0.5, 0.6) is 11.6 Å². The molecule has 5 heteroatoms. The summed E-state index contributed by atoms with van der Waals surface area (Å²) in [6.07, 6.45) is 5.69. The Morgan fingerprint density at radius 2 is 2.17 bits per heavy atom. The fraction of sp³-hybridized carbons (Fsp3) is 0.231. The highest BCUT2D eigenvalue weighted by atomic mass is 35.5. The van der Waals surface area contributed by atoms with E-state index >= 15 is 0 Å². The molecule has 2 rings (SSSR count). The Labute approximate surface area is 111 Å². The highest BCUT2D eigenvalue weighted by Crippen LogP contribution is 2.21. The van der Waals surface area contributed by atoms with Gasteiger partial charge in [0.1, 0.15) is 5.75 Å². The molecule has 18 heavy (non-hydrogen) atoms. The van der Waals surface area contributed by atoms with Crippen molar-refractivity contribution in [3.8, 4) is 11.6 Å². The van der Waals surface area contributed by atoms with E-state index in [0.717, 1.165) is 12.0 Å². The van der Waals surface area contributed by atoms with Crippen LogP contribution >= 0.6 is 11.6 Å². The Bertz CT molecular complexity index is 514. The van der Waals surface area contributed by atoms with E-state index < -0.39 is 0 Å². The molecule has 2 aromatic heterocycles. The van der Waals surface area contributed by atoms with Crippen LogP contribution in [0.1, 0.15) is 12.5 Å². The predicted octanol–water partition coefficient (Wildman–Crippen LogP) is 2.81. The van der Waals surface area contributed by atoms with Gasteiger partial charge in [0.05, 0.1) is 11.2 Å². The molecule has 0 radical (unpaired) electrons. The molecule has 0 aliphatic carbocycles. The van der Waals surface area contributed by atoms with E-state index in [1.54, 1.807) is 30.7 Å². The van der Waals surface area contributed by atoms with Crippen molar-refractivity contribution in [2.24, 2.45) is 5.73 Å². The van der Waals surface area contributed by atoms with Gasteiger partial charge in [0, 0.05) is 30.6 Å². The SMILES string of the molecule is CC(N)Cc1ccc(Oc2cncc(Cl)c2)nc1. The van der Waals surface area contributed by atoms with Crippen LogP contribution in [0.25, 0.3) is 0 Å². The van der Waals surface area contributed by atoms with Gasteiger partial charge in [0.25, 0.3) is 0 Å². The molecule has 4 nitrogen and oxygen atoms in total. The lowest BCUT2D eigenvalue weighted by atomic mass is 10.1. The number of aromatic nitrogens is 2. The molecule has 0 saturated heterocycles. The second kappa shape index (κ2) is 5.80. The van der Waals surface area contributed by atoms with Crippen LogP contribution in [0, 0.1) is 0 Å². The summed E-state index contributed by atoms with van der Waals surface area (Å²) in [4.78, 5) is 8.14. The molecule has 2 aromatic rings. The molecule has 0 aromatic carbocycles. The zero-order valence-electron chi connectivity index (χ0n) is 10.0. The number of halogens is 1. The van der Waals surface area contributed by atoms with Crippen molar-refractivity contribution in [1.29, 1.82) is 0 Å². The van der Waals surface area contributed by atoms with Crippen LogP contribution < -0.4 is 10.5 Å². The monoisotopic (exact) mass is 263 g/mol. The minimum atomic E-state index is 0.121. The summed E-state index contributed by atoms with van der Waals surface area (Å²) in [5.41, 5.74) is 6.81. The van der Waals surface area contributed by atoms with Crippen molar-refractivity contribution < 1.29 is 4.74 Å². The first-order valence-electron chi connectivity index (χ1n) is 5.62. The normalized spacial score (nSPS) is 12.2. The summed E-state index contributed by atoms with van der Waals surface area (Å²) in [6.45, 7) is 1.96. The summed E-state index contributed by atoms with van der Waals surface area (Å²) < 4.78 is 5.53. The summed E-state index contributed by atoms with van der Waals surface area (Å²) in [5, 5.41) is 0.529. The average Bonchev–Trinajstić information content (AvgIpc) is 2.31. The molecule has 1 atom stereocenters. The zero-order chi connectivity index (χ0) is 13.0. The quantitative estimate of drug-likeness (QED) is 0.921. The first-order valence-corrected chi connectivity index (χ1v) is 6.00. The van der Waals surface area contributed by atoms with Crippen molar-refractivity contribution >= 4 is 11.6 Å². The first-order chi connectivity index (χ1) is 8.63. The molecule has 0 amide bonds. The molecule has 0 aliphatic rings. The molecule has 0 bridgehead atoms. The van der Waals surface area contributed by atoms with Gasteiger partial charge in [-0.05, 0) is 18.9 Å². The maximum atomic E-state index is 5.82. The molecular formula is C13H14ClN3O. The number of nitrogens with two attached hydrogens (primary N) is 1. The second-order valence-electron chi connectivity index (χ2n) is 4.13. The van der Waals surface area contributed by atoms with Gasteiger partial charge in [-0.3, -0.25) is 4.98 Å². The lowest BCUT2D eigenvalue weighted by molar-refractivity contribution is 0.460. The third kappa shape index (κ3) is 3.68. The van der Waals surface area contributed by atoms with Gasteiger partial charge in [0.2, 0.25) is 5.88 Å². The van der Waals surface area contributed by atoms with Gasteiger partial charge in [-0.2, -0.15) is 0 Å². The minimum Gasteiger partial charge on any atom is -0.437 e. The lowest BCUT2D eigenvalue weighted by Gasteiger charge is -2.07. The van der Waals surface area contributed by atoms with Crippen molar-refractivity contribution in [2.45, 2.75) is 19.4 Å². The number of hydrogen-bond donors (Lipinski definition) is 1. The highest BCUT2D eigenvalue weighted by Gasteiger charge is 2.02. The Balaban J connectivity index is 2.06. The van der Waals surface area contributed by atoms with Gasteiger partial charge in [-0.25, -0.2) is 4.98 Å². The average molecular weight is 264 g/mol. The maximum Gasteiger partial charge on any atom is 0.219 e. The largest absolute Gasteiger partial charge is 0.437 e. The van der Waals surface area contributed by atoms with Crippen LogP contribution in [-0.2, 0) is 6.42 Å². The highest BCUT2D eigenvalue weighted by molar-refractivity contribution is 6.30. The molecule has 0 aliphatic heterocycles. The number of ether oxygens (including phenoxy) is 1. The van der Waals surface area contributed by atoms with E-state index in [0.29, 0.717) is 16.7 Å². The molecule has 94 valence electrons. The third-order valence-corrected chi connectivity index (χ3v) is 2.46.